The van der Waals surface area contributed by atoms with E-state index in [4.69, 9.17) is 15.9 Å². The first kappa shape index (κ1) is 16.6. The highest BCUT2D eigenvalue weighted by atomic mass is 19.1. The molecule has 0 N–H and O–H groups in total. The summed E-state index contributed by atoms with van der Waals surface area (Å²) >= 11 is 0. The SMILES string of the molecule is C#Cc1ccc(-c2ccc(OC)cc2F)c(OCc2ccccc2)c1. The van der Waals surface area contributed by atoms with Crippen LogP contribution >= 0.6 is 0 Å². The standard InChI is InChI=1S/C22H17FO2/c1-3-16-9-11-20(19-12-10-18(24-2)14-21(19)23)22(13-16)25-15-17-7-5-4-6-8-17/h1,4-14H,15H2,2H3. The Morgan fingerprint density at radius 3 is 2.40 bits per heavy atom. The predicted octanol–water partition coefficient (Wildman–Crippen LogP) is 5.06. The number of hydrogen-bond donors (Lipinski definition) is 0. The van der Waals surface area contributed by atoms with Crippen LogP contribution in [0, 0.1) is 18.2 Å². The van der Waals surface area contributed by atoms with Crippen LogP contribution in [0.4, 0.5) is 4.39 Å². The van der Waals surface area contributed by atoms with Crippen molar-refractivity contribution >= 4 is 0 Å². The monoisotopic (exact) mass is 332 g/mol. The van der Waals surface area contributed by atoms with Crippen molar-refractivity contribution in [1.29, 1.82) is 0 Å². The molecule has 0 saturated carbocycles. The van der Waals surface area contributed by atoms with Crippen LogP contribution in [0.5, 0.6) is 11.5 Å². The molecule has 3 aromatic carbocycles. The van der Waals surface area contributed by atoms with Gasteiger partial charge < -0.3 is 9.47 Å². The summed E-state index contributed by atoms with van der Waals surface area (Å²) in [5.41, 5.74) is 2.79. The normalized spacial score (nSPS) is 10.1. The minimum Gasteiger partial charge on any atom is -0.497 e. The van der Waals surface area contributed by atoms with Gasteiger partial charge in [-0.1, -0.05) is 36.3 Å². The van der Waals surface area contributed by atoms with Crippen molar-refractivity contribution in [1.82, 2.24) is 0 Å². The number of hydrogen-bond acceptors (Lipinski definition) is 2. The van der Waals surface area contributed by atoms with Crippen molar-refractivity contribution in [2.24, 2.45) is 0 Å². The maximum absolute atomic E-state index is 14.5. The van der Waals surface area contributed by atoms with Crippen molar-refractivity contribution in [3.8, 4) is 35.0 Å². The Bertz CT molecular complexity index is 911. The first-order valence-corrected chi connectivity index (χ1v) is 7.82. The summed E-state index contributed by atoms with van der Waals surface area (Å²) in [6.07, 6.45) is 5.49. The largest absolute Gasteiger partial charge is 0.497 e. The van der Waals surface area contributed by atoms with Crippen molar-refractivity contribution in [2.45, 2.75) is 6.61 Å². The van der Waals surface area contributed by atoms with E-state index in [1.807, 2.05) is 30.3 Å². The van der Waals surface area contributed by atoms with E-state index in [1.165, 1.54) is 13.2 Å². The topological polar surface area (TPSA) is 18.5 Å². The van der Waals surface area contributed by atoms with Crippen LogP contribution in [0.1, 0.15) is 11.1 Å². The fourth-order valence-electron chi connectivity index (χ4n) is 2.53. The zero-order valence-corrected chi connectivity index (χ0v) is 13.8. The van der Waals surface area contributed by atoms with Crippen LogP contribution in [0.2, 0.25) is 0 Å². The maximum atomic E-state index is 14.5. The Kier molecular flexibility index (Phi) is 5.01. The van der Waals surface area contributed by atoms with Crippen LogP contribution in [0.3, 0.4) is 0 Å². The smallest absolute Gasteiger partial charge is 0.134 e. The van der Waals surface area contributed by atoms with Gasteiger partial charge in [-0.25, -0.2) is 4.39 Å². The second-order valence-corrected chi connectivity index (χ2v) is 5.48. The van der Waals surface area contributed by atoms with Crippen LogP contribution < -0.4 is 9.47 Å². The summed E-state index contributed by atoms with van der Waals surface area (Å²) in [6, 6.07) is 19.8. The molecule has 0 spiro atoms. The molecule has 0 aliphatic rings. The first-order valence-electron chi connectivity index (χ1n) is 7.82. The average Bonchev–Trinajstić information content (AvgIpc) is 2.67. The number of benzene rings is 3. The van der Waals surface area contributed by atoms with E-state index in [0.29, 0.717) is 34.8 Å². The molecule has 0 saturated heterocycles. The van der Waals surface area contributed by atoms with Crippen molar-refractivity contribution in [3.05, 3.63) is 83.7 Å². The summed E-state index contributed by atoms with van der Waals surface area (Å²) in [5, 5.41) is 0. The molecule has 124 valence electrons. The van der Waals surface area contributed by atoms with Gasteiger partial charge in [0.2, 0.25) is 0 Å². The van der Waals surface area contributed by atoms with E-state index in [-0.39, 0.29) is 5.82 Å². The van der Waals surface area contributed by atoms with Crippen LogP contribution in [0.15, 0.2) is 66.7 Å². The van der Waals surface area contributed by atoms with E-state index in [9.17, 15) is 4.39 Å². The lowest BCUT2D eigenvalue weighted by Gasteiger charge is -2.14. The number of ether oxygens (including phenoxy) is 2. The Hall–Kier alpha value is -3.25. The number of terminal acetylenes is 1. The fourth-order valence-corrected chi connectivity index (χ4v) is 2.53. The third-order valence-corrected chi connectivity index (χ3v) is 3.85. The molecule has 0 unspecified atom stereocenters. The van der Waals surface area contributed by atoms with Crippen LogP contribution in [0.25, 0.3) is 11.1 Å². The number of methoxy groups -OCH3 is 1. The summed E-state index contributed by atoms with van der Waals surface area (Å²) < 4.78 is 25.5. The van der Waals surface area contributed by atoms with Gasteiger partial charge in [0.25, 0.3) is 0 Å². The molecule has 3 aromatic rings. The molecule has 0 heterocycles. The molecular weight excluding hydrogens is 315 g/mol. The summed E-state index contributed by atoms with van der Waals surface area (Å²) in [4.78, 5) is 0. The lowest BCUT2D eigenvalue weighted by molar-refractivity contribution is 0.307. The van der Waals surface area contributed by atoms with Gasteiger partial charge in [-0.3, -0.25) is 0 Å². The molecule has 0 atom stereocenters. The minimum atomic E-state index is -0.377. The average molecular weight is 332 g/mol. The maximum Gasteiger partial charge on any atom is 0.134 e. The first-order chi connectivity index (χ1) is 12.2. The quantitative estimate of drug-likeness (QED) is 0.608. The Labute approximate surface area is 146 Å². The van der Waals surface area contributed by atoms with Crippen LogP contribution in [-0.4, -0.2) is 7.11 Å². The van der Waals surface area contributed by atoms with Gasteiger partial charge >= 0.3 is 0 Å². The Morgan fingerprint density at radius 1 is 0.960 bits per heavy atom. The van der Waals surface area contributed by atoms with Crippen molar-refractivity contribution in [2.75, 3.05) is 7.11 Å². The number of halogens is 1. The fraction of sp³-hybridized carbons (Fsp3) is 0.0909. The summed E-state index contributed by atoms with van der Waals surface area (Å²) in [7, 11) is 1.50. The van der Waals surface area contributed by atoms with Gasteiger partial charge in [-0.2, -0.15) is 0 Å². The van der Waals surface area contributed by atoms with Gasteiger partial charge in [-0.05, 0) is 35.9 Å². The predicted molar refractivity (Wildman–Crippen MR) is 97.1 cm³/mol. The molecule has 0 aliphatic heterocycles. The highest BCUT2D eigenvalue weighted by Crippen LogP contribution is 2.34. The molecule has 3 rings (SSSR count). The third kappa shape index (κ3) is 3.81. The highest BCUT2D eigenvalue weighted by Gasteiger charge is 2.13. The van der Waals surface area contributed by atoms with E-state index >= 15 is 0 Å². The molecule has 0 aromatic heterocycles. The Balaban J connectivity index is 1.97. The molecule has 0 radical (unpaired) electrons. The summed E-state index contributed by atoms with van der Waals surface area (Å²) in [6.45, 7) is 0.375. The molecule has 3 heteroatoms. The molecule has 0 bridgehead atoms. The van der Waals surface area contributed by atoms with Gasteiger partial charge in [0.05, 0.1) is 7.11 Å². The van der Waals surface area contributed by atoms with Crippen molar-refractivity contribution in [3.63, 3.8) is 0 Å². The molecule has 0 aliphatic carbocycles. The summed E-state index contributed by atoms with van der Waals surface area (Å²) in [5.74, 6) is 3.22. The highest BCUT2D eigenvalue weighted by molar-refractivity contribution is 5.72. The van der Waals surface area contributed by atoms with E-state index in [1.54, 1.807) is 30.3 Å². The molecule has 25 heavy (non-hydrogen) atoms. The zero-order valence-electron chi connectivity index (χ0n) is 13.8. The van der Waals surface area contributed by atoms with Gasteiger partial charge in [0, 0.05) is 22.8 Å². The van der Waals surface area contributed by atoms with Crippen LogP contribution in [-0.2, 0) is 6.61 Å². The second-order valence-electron chi connectivity index (χ2n) is 5.48. The third-order valence-electron chi connectivity index (χ3n) is 3.85. The molecule has 2 nitrogen and oxygen atoms in total. The lowest BCUT2D eigenvalue weighted by atomic mass is 10.0. The van der Waals surface area contributed by atoms with Gasteiger partial charge in [0.1, 0.15) is 23.9 Å². The number of rotatable bonds is 5. The molecular formula is C22H17FO2. The van der Waals surface area contributed by atoms with Gasteiger partial charge in [0.15, 0.2) is 0 Å². The van der Waals surface area contributed by atoms with E-state index < -0.39 is 0 Å². The Morgan fingerprint density at radius 2 is 1.72 bits per heavy atom. The molecule has 0 fully saturated rings. The molecule has 0 amide bonds. The minimum absolute atomic E-state index is 0.375. The van der Waals surface area contributed by atoms with E-state index in [2.05, 4.69) is 5.92 Å². The van der Waals surface area contributed by atoms with Crippen molar-refractivity contribution < 1.29 is 13.9 Å². The zero-order chi connectivity index (χ0) is 17.6. The lowest BCUT2D eigenvalue weighted by Crippen LogP contribution is -1.98. The van der Waals surface area contributed by atoms with E-state index in [0.717, 1.165) is 5.56 Å². The second kappa shape index (κ2) is 7.55. The van der Waals surface area contributed by atoms with Gasteiger partial charge in [-0.15, -0.1) is 6.42 Å².